The van der Waals surface area contributed by atoms with Crippen LogP contribution in [0.25, 0.3) is 0 Å². The highest BCUT2D eigenvalue weighted by atomic mass is 32.2. The van der Waals surface area contributed by atoms with Crippen molar-refractivity contribution in [3.63, 3.8) is 0 Å². The SMILES string of the molecule is CCCCCCCCSc1ccccc1N=Cc1cc(Cc2cc(C=Nc3ccccc3SCCCCCCCC)c(O)c(C(C)(C)C)c2)cc(C(C)(C)C)c1O. The number of aromatic hydroxyl groups is 2. The molecule has 0 amide bonds. The highest BCUT2D eigenvalue weighted by molar-refractivity contribution is 7.99. The second kappa shape index (κ2) is 23.2. The molecule has 0 spiro atoms. The quantitative estimate of drug-likeness (QED) is 0.0472. The number of benzene rings is 4. The number of nitrogens with zero attached hydrogens (tertiary/aromatic N) is 2. The van der Waals surface area contributed by atoms with Crippen LogP contribution in [0.5, 0.6) is 11.5 Å². The molecule has 6 heteroatoms. The van der Waals surface area contributed by atoms with E-state index in [-0.39, 0.29) is 22.3 Å². The number of rotatable bonds is 22. The van der Waals surface area contributed by atoms with E-state index in [4.69, 9.17) is 9.98 Å². The average molecular weight is 807 g/mol. The van der Waals surface area contributed by atoms with Crippen molar-refractivity contribution in [2.45, 2.75) is 159 Å². The summed E-state index contributed by atoms with van der Waals surface area (Å²) in [7, 11) is 0. The molecule has 0 unspecified atom stereocenters. The number of hydrogen-bond donors (Lipinski definition) is 2. The molecule has 57 heavy (non-hydrogen) atoms. The molecule has 0 aliphatic carbocycles. The number of thioether (sulfide) groups is 2. The van der Waals surface area contributed by atoms with Crippen molar-refractivity contribution in [2.24, 2.45) is 9.98 Å². The zero-order valence-corrected chi connectivity index (χ0v) is 37.9. The van der Waals surface area contributed by atoms with Crippen LogP contribution in [-0.2, 0) is 17.3 Å². The van der Waals surface area contributed by atoms with Gasteiger partial charge in [-0.15, -0.1) is 23.5 Å². The molecule has 0 aromatic heterocycles. The third-order valence-corrected chi connectivity index (χ3v) is 12.6. The summed E-state index contributed by atoms with van der Waals surface area (Å²) in [6.45, 7) is 17.3. The van der Waals surface area contributed by atoms with Crippen LogP contribution < -0.4 is 0 Å². The second-order valence-corrected chi connectivity index (χ2v) is 19.8. The predicted octanol–water partition coefficient (Wildman–Crippen LogP) is 15.7. The summed E-state index contributed by atoms with van der Waals surface area (Å²) in [5.74, 6) is 2.70. The summed E-state index contributed by atoms with van der Waals surface area (Å²) in [6, 6.07) is 25.0. The first-order valence-electron chi connectivity index (χ1n) is 21.6. The van der Waals surface area contributed by atoms with Gasteiger partial charge in [-0.25, -0.2) is 0 Å². The molecule has 4 aromatic carbocycles. The maximum Gasteiger partial charge on any atom is 0.128 e. The van der Waals surface area contributed by atoms with Crippen molar-refractivity contribution in [3.8, 4) is 11.5 Å². The van der Waals surface area contributed by atoms with E-state index in [9.17, 15) is 10.2 Å². The lowest BCUT2D eigenvalue weighted by molar-refractivity contribution is 0.445. The van der Waals surface area contributed by atoms with Crippen molar-refractivity contribution in [3.05, 3.63) is 106 Å². The van der Waals surface area contributed by atoms with Gasteiger partial charge in [0.1, 0.15) is 11.5 Å². The van der Waals surface area contributed by atoms with Crippen LogP contribution in [0.2, 0.25) is 0 Å². The Hall–Kier alpha value is -3.48. The molecule has 0 saturated heterocycles. The molecule has 4 nitrogen and oxygen atoms in total. The van der Waals surface area contributed by atoms with E-state index in [0.717, 1.165) is 45.1 Å². The van der Waals surface area contributed by atoms with Crippen LogP contribution in [-0.4, -0.2) is 34.1 Å². The van der Waals surface area contributed by atoms with Gasteiger partial charge in [0.2, 0.25) is 0 Å². The molecule has 4 aromatic rings. The smallest absolute Gasteiger partial charge is 0.128 e. The van der Waals surface area contributed by atoms with E-state index >= 15 is 0 Å². The average Bonchev–Trinajstić information content (AvgIpc) is 3.17. The van der Waals surface area contributed by atoms with Gasteiger partial charge in [-0.1, -0.05) is 156 Å². The highest BCUT2D eigenvalue weighted by Crippen LogP contribution is 2.38. The summed E-state index contributed by atoms with van der Waals surface area (Å²) in [5.41, 5.74) is 6.64. The maximum absolute atomic E-state index is 11.6. The summed E-state index contributed by atoms with van der Waals surface area (Å²) < 4.78 is 0. The molecule has 4 rings (SSSR count). The molecule has 0 bridgehead atoms. The Labute approximate surface area is 354 Å². The fraction of sp³-hybridized carbons (Fsp3) is 0.490. The van der Waals surface area contributed by atoms with E-state index < -0.39 is 0 Å². The van der Waals surface area contributed by atoms with Crippen LogP contribution in [0, 0.1) is 0 Å². The second-order valence-electron chi connectivity index (χ2n) is 17.5. The van der Waals surface area contributed by atoms with Crippen molar-refractivity contribution in [1.82, 2.24) is 0 Å². The third kappa shape index (κ3) is 15.0. The fourth-order valence-electron chi connectivity index (χ4n) is 7.00. The first-order chi connectivity index (χ1) is 27.3. The van der Waals surface area contributed by atoms with Gasteiger partial charge in [-0.3, -0.25) is 9.98 Å². The molecule has 0 saturated carbocycles. The third-order valence-electron chi connectivity index (χ3n) is 10.3. The standard InChI is InChI=1S/C51H70N2O2S2/c1-9-11-13-15-17-23-29-56-46-27-21-19-25-44(46)52-36-40-32-38(34-42(48(40)54)50(3,4)5)31-39-33-41(49(55)43(35-39)51(6,7)8)37-53-45-26-20-22-28-47(45)57-30-24-18-16-14-12-10-2/h19-22,25-28,32-37,54-55H,9-18,23-24,29-31H2,1-8H3. The van der Waals surface area contributed by atoms with Crippen LogP contribution in [0.15, 0.2) is 92.6 Å². The van der Waals surface area contributed by atoms with Gasteiger partial charge in [0, 0.05) is 44.5 Å². The van der Waals surface area contributed by atoms with Crippen molar-refractivity contribution in [2.75, 3.05) is 11.5 Å². The van der Waals surface area contributed by atoms with Gasteiger partial charge in [0.05, 0.1) is 11.4 Å². The lowest BCUT2D eigenvalue weighted by Crippen LogP contribution is -2.14. The van der Waals surface area contributed by atoms with Crippen LogP contribution >= 0.6 is 23.5 Å². The molecule has 308 valence electrons. The largest absolute Gasteiger partial charge is 0.507 e. The van der Waals surface area contributed by atoms with Gasteiger partial charge < -0.3 is 10.2 Å². The van der Waals surface area contributed by atoms with E-state index in [0.29, 0.717) is 17.5 Å². The first kappa shape index (κ1) is 46.2. The van der Waals surface area contributed by atoms with Crippen molar-refractivity contribution < 1.29 is 10.2 Å². The lowest BCUT2D eigenvalue weighted by Gasteiger charge is -2.24. The maximum atomic E-state index is 11.6. The molecular formula is C51H70N2O2S2. The van der Waals surface area contributed by atoms with Crippen molar-refractivity contribution >= 4 is 47.3 Å². The van der Waals surface area contributed by atoms with E-state index in [2.05, 4.69) is 116 Å². The topological polar surface area (TPSA) is 65.2 Å². The van der Waals surface area contributed by atoms with Crippen LogP contribution in [0.4, 0.5) is 11.4 Å². The van der Waals surface area contributed by atoms with Gasteiger partial charge in [0.25, 0.3) is 0 Å². The fourth-order valence-corrected chi connectivity index (χ4v) is 9.02. The monoisotopic (exact) mass is 806 g/mol. The minimum Gasteiger partial charge on any atom is -0.507 e. The lowest BCUT2D eigenvalue weighted by atomic mass is 9.82. The summed E-state index contributed by atoms with van der Waals surface area (Å²) in [5, 5.41) is 23.2. The minimum atomic E-state index is -0.280. The molecule has 0 aliphatic rings. The normalized spacial score (nSPS) is 12.4. The summed E-state index contributed by atoms with van der Waals surface area (Å²) in [4.78, 5) is 12.3. The Morgan fingerprint density at radius 1 is 0.509 bits per heavy atom. The van der Waals surface area contributed by atoms with Gasteiger partial charge in [-0.2, -0.15) is 0 Å². The first-order valence-corrected chi connectivity index (χ1v) is 23.5. The molecule has 0 radical (unpaired) electrons. The van der Waals surface area contributed by atoms with Crippen LogP contribution in [0.3, 0.4) is 0 Å². The number of hydrogen-bond acceptors (Lipinski definition) is 6. The molecule has 0 aliphatic heterocycles. The number of aliphatic imine (C=N–C) groups is 2. The Kier molecular flexibility index (Phi) is 18.8. The van der Waals surface area contributed by atoms with Gasteiger partial charge in [0.15, 0.2) is 0 Å². The summed E-state index contributed by atoms with van der Waals surface area (Å²) in [6.07, 6.45) is 19.7. The minimum absolute atomic E-state index is 0.272. The van der Waals surface area contributed by atoms with E-state index in [1.165, 1.54) is 86.8 Å². The molecule has 0 heterocycles. The highest BCUT2D eigenvalue weighted by Gasteiger charge is 2.24. The zero-order valence-electron chi connectivity index (χ0n) is 36.3. The van der Waals surface area contributed by atoms with Crippen molar-refractivity contribution in [1.29, 1.82) is 0 Å². The van der Waals surface area contributed by atoms with Crippen LogP contribution in [0.1, 0.15) is 166 Å². The van der Waals surface area contributed by atoms with E-state index in [1.54, 1.807) is 0 Å². The Morgan fingerprint density at radius 2 is 0.877 bits per heavy atom. The molecule has 0 atom stereocenters. The zero-order chi connectivity index (χ0) is 41.3. The Bertz CT molecular complexity index is 1760. The van der Waals surface area contributed by atoms with Gasteiger partial charge in [-0.05, 0) is 89.1 Å². The number of unbranched alkanes of at least 4 members (excludes halogenated alkanes) is 10. The number of para-hydroxylation sites is 2. The predicted molar refractivity (Wildman–Crippen MR) is 252 cm³/mol. The Morgan fingerprint density at radius 3 is 1.26 bits per heavy atom. The van der Waals surface area contributed by atoms with Gasteiger partial charge >= 0.3 is 0 Å². The summed E-state index contributed by atoms with van der Waals surface area (Å²) >= 11 is 3.74. The number of phenols is 2. The Balaban J connectivity index is 1.61. The molecular weight excluding hydrogens is 737 g/mol. The molecule has 0 fully saturated rings. The molecule has 2 N–H and O–H groups in total. The van der Waals surface area contributed by atoms with E-state index in [1.807, 2.05) is 48.1 Å². The number of phenolic OH excluding ortho intramolecular Hbond substituents is 2.